The van der Waals surface area contributed by atoms with Crippen LogP contribution >= 0.6 is 57.3 Å². The zero-order valence-electron chi connectivity index (χ0n) is 11.9. The average Bonchev–Trinajstić information content (AvgIpc) is 2.96. The van der Waals surface area contributed by atoms with Gasteiger partial charge in [0.25, 0.3) is 0 Å². The maximum atomic E-state index is 6.07. The van der Waals surface area contributed by atoms with E-state index in [2.05, 4.69) is 15.0 Å². The molecule has 0 atom stereocenters. The lowest BCUT2D eigenvalue weighted by Crippen LogP contribution is -2.08. The van der Waals surface area contributed by atoms with E-state index in [-0.39, 0.29) is 34.0 Å². The second-order valence-corrected chi connectivity index (χ2v) is 5.80. The van der Waals surface area contributed by atoms with Crippen molar-refractivity contribution in [2.75, 3.05) is 5.75 Å². The van der Waals surface area contributed by atoms with Crippen LogP contribution in [-0.4, -0.2) is 20.9 Å². The Balaban J connectivity index is 0.00000220. The summed E-state index contributed by atoms with van der Waals surface area (Å²) in [6.45, 7) is 0.527. The number of nitrogens with one attached hydrogen (secondary N) is 1. The quantitative estimate of drug-likeness (QED) is 0.374. The predicted octanol–water partition coefficient (Wildman–Crippen LogP) is 4.40. The monoisotopic (exact) mass is 468 g/mol. The van der Waals surface area contributed by atoms with E-state index in [1.807, 2.05) is 30.5 Å². The number of benzene rings is 1. The number of thioether (sulfide) groups is 1. The van der Waals surface area contributed by atoms with Crippen LogP contribution in [0.2, 0.25) is 5.02 Å². The van der Waals surface area contributed by atoms with Gasteiger partial charge in [0, 0.05) is 22.7 Å². The molecule has 22 heavy (non-hydrogen) atoms. The van der Waals surface area contributed by atoms with Crippen molar-refractivity contribution >= 4 is 62.5 Å². The number of aryl methyl sites for hydroxylation is 1. The summed E-state index contributed by atoms with van der Waals surface area (Å²) in [5.74, 6) is 0.941. The van der Waals surface area contributed by atoms with Crippen LogP contribution in [0, 0.1) is 0 Å². The molecule has 0 aliphatic heterocycles. The minimum Gasteiger partial charge on any atom is -0.379 e. The molecule has 8 heteroatoms. The average molecular weight is 471 g/mol. The van der Waals surface area contributed by atoms with Crippen molar-refractivity contribution in [1.29, 1.82) is 0 Å². The Hall–Kier alpha value is -0.500. The molecule has 1 aromatic carbocycles. The summed E-state index contributed by atoms with van der Waals surface area (Å²) in [5.41, 5.74) is 8.03. The third kappa shape index (κ3) is 7.67. The molecule has 122 valence electrons. The van der Waals surface area contributed by atoms with E-state index in [4.69, 9.17) is 17.3 Å². The molecule has 2 rings (SSSR count). The van der Waals surface area contributed by atoms with Crippen LogP contribution < -0.4 is 5.73 Å². The molecule has 4 nitrogen and oxygen atoms in total. The highest BCUT2D eigenvalue weighted by Crippen LogP contribution is 2.16. The van der Waals surface area contributed by atoms with Crippen molar-refractivity contribution in [3.05, 3.63) is 53.1 Å². The van der Waals surface area contributed by atoms with E-state index in [0.29, 0.717) is 11.7 Å². The van der Waals surface area contributed by atoms with Crippen molar-refractivity contribution in [2.24, 2.45) is 10.7 Å². The van der Waals surface area contributed by atoms with Gasteiger partial charge in [-0.1, -0.05) is 41.6 Å². The minimum atomic E-state index is 0. The Labute approximate surface area is 160 Å². The molecular weight excluding hydrogens is 452 g/mol. The van der Waals surface area contributed by atoms with Crippen LogP contribution in [0.15, 0.2) is 41.8 Å². The fourth-order valence-electron chi connectivity index (χ4n) is 1.70. The van der Waals surface area contributed by atoms with Gasteiger partial charge in [-0.05, 0) is 24.5 Å². The van der Waals surface area contributed by atoms with Gasteiger partial charge in [-0.3, -0.25) is 4.99 Å². The van der Waals surface area contributed by atoms with Crippen molar-refractivity contribution in [3.63, 3.8) is 0 Å². The second kappa shape index (κ2) is 12.0. The minimum absolute atomic E-state index is 0. The fourth-order valence-corrected chi connectivity index (χ4v) is 2.55. The number of H-pyrrole nitrogens is 1. The van der Waals surface area contributed by atoms with Crippen LogP contribution in [0.25, 0.3) is 0 Å². The summed E-state index contributed by atoms with van der Waals surface area (Å²) in [7, 11) is 0. The number of aromatic amines is 1. The Morgan fingerprint density at radius 1 is 1.32 bits per heavy atom. The molecule has 2 aromatic rings. The Morgan fingerprint density at radius 3 is 2.77 bits per heavy atom. The van der Waals surface area contributed by atoms with Crippen molar-refractivity contribution in [2.45, 2.75) is 19.4 Å². The standard InChI is InChI=1S/C14H17ClN4S.2BrH/c15-13-6-2-1-4-11(13)8-18-14(16)20-7-3-5-12-9-17-10-19-12;;/h1-2,4,6,9-10H,3,5,7-8H2,(H2,16,18)(H,17,19);2*1H. The maximum Gasteiger partial charge on any atom is 0.154 e. The number of rotatable bonds is 6. The summed E-state index contributed by atoms with van der Waals surface area (Å²) in [5, 5.41) is 1.34. The third-order valence-electron chi connectivity index (χ3n) is 2.76. The first kappa shape index (κ1) is 21.5. The summed E-state index contributed by atoms with van der Waals surface area (Å²) in [4.78, 5) is 11.4. The largest absolute Gasteiger partial charge is 0.379 e. The van der Waals surface area contributed by atoms with Gasteiger partial charge in [-0.15, -0.1) is 34.0 Å². The lowest BCUT2D eigenvalue weighted by Gasteiger charge is -2.02. The number of imidazole rings is 1. The topological polar surface area (TPSA) is 67.1 Å². The van der Waals surface area contributed by atoms with Crippen LogP contribution in [0.3, 0.4) is 0 Å². The van der Waals surface area contributed by atoms with Crippen molar-refractivity contribution in [3.8, 4) is 0 Å². The van der Waals surface area contributed by atoms with E-state index in [9.17, 15) is 0 Å². The lowest BCUT2D eigenvalue weighted by molar-refractivity contribution is 0.903. The maximum absolute atomic E-state index is 6.07. The molecule has 0 spiro atoms. The smallest absolute Gasteiger partial charge is 0.154 e. The highest BCUT2D eigenvalue weighted by atomic mass is 79.9. The van der Waals surface area contributed by atoms with E-state index < -0.39 is 0 Å². The molecule has 0 amide bonds. The molecule has 0 saturated heterocycles. The molecule has 0 unspecified atom stereocenters. The van der Waals surface area contributed by atoms with Gasteiger partial charge in [0.2, 0.25) is 0 Å². The van der Waals surface area contributed by atoms with Gasteiger partial charge in [-0.25, -0.2) is 4.98 Å². The van der Waals surface area contributed by atoms with Crippen LogP contribution in [0.1, 0.15) is 17.7 Å². The van der Waals surface area contributed by atoms with E-state index in [1.54, 1.807) is 18.1 Å². The normalized spacial score (nSPS) is 10.7. The van der Waals surface area contributed by atoms with Crippen molar-refractivity contribution in [1.82, 2.24) is 9.97 Å². The Kier molecular flexibility index (Phi) is 11.7. The molecule has 0 aliphatic rings. The summed E-state index contributed by atoms with van der Waals surface area (Å²) in [6, 6.07) is 7.68. The summed E-state index contributed by atoms with van der Waals surface area (Å²) < 4.78 is 0. The number of nitrogens with zero attached hydrogens (tertiary/aromatic N) is 2. The molecule has 0 radical (unpaired) electrons. The highest BCUT2D eigenvalue weighted by molar-refractivity contribution is 8.93. The predicted molar refractivity (Wildman–Crippen MR) is 107 cm³/mol. The molecule has 3 N–H and O–H groups in total. The Bertz CT molecular complexity index is 564. The molecule has 1 aromatic heterocycles. The van der Waals surface area contributed by atoms with Crippen LogP contribution in [-0.2, 0) is 13.0 Å². The first-order valence-electron chi connectivity index (χ1n) is 6.39. The Morgan fingerprint density at radius 2 is 2.09 bits per heavy atom. The number of hydrogen-bond acceptors (Lipinski definition) is 3. The fraction of sp³-hybridized carbons (Fsp3) is 0.286. The highest BCUT2D eigenvalue weighted by Gasteiger charge is 2.00. The van der Waals surface area contributed by atoms with Gasteiger partial charge in [0.15, 0.2) is 5.17 Å². The summed E-state index contributed by atoms with van der Waals surface area (Å²) in [6.07, 6.45) is 5.56. The van der Waals surface area contributed by atoms with E-state index in [0.717, 1.165) is 34.9 Å². The first-order chi connectivity index (χ1) is 9.75. The van der Waals surface area contributed by atoms with E-state index in [1.165, 1.54) is 0 Å². The number of halogens is 3. The molecule has 0 bridgehead atoms. The lowest BCUT2D eigenvalue weighted by atomic mass is 10.2. The molecule has 0 aliphatic carbocycles. The van der Waals surface area contributed by atoms with Crippen LogP contribution in [0.4, 0.5) is 0 Å². The number of aromatic nitrogens is 2. The van der Waals surface area contributed by atoms with Gasteiger partial charge >= 0.3 is 0 Å². The van der Waals surface area contributed by atoms with Gasteiger partial charge in [0.05, 0.1) is 12.9 Å². The zero-order valence-corrected chi connectivity index (χ0v) is 16.9. The van der Waals surface area contributed by atoms with E-state index >= 15 is 0 Å². The van der Waals surface area contributed by atoms with Crippen LogP contribution in [0.5, 0.6) is 0 Å². The third-order valence-corrected chi connectivity index (χ3v) is 4.04. The zero-order chi connectivity index (χ0) is 14.2. The van der Waals surface area contributed by atoms with Crippen molar-refractivity contribution < 1.29 is 0 Å². The van der Waals surface area contributed by atoms with Gasteiger partial charge < -0.3 is 10.7 Å². The SMILES string of the molecule is Br.Br.NC(=NCc1ccccc1Cl)SCCCc1cnc[nH]1. The number of amidine groups is 1. The first-order valence-corrected chi connectivity index (χ1v) is 7.75. The number of hydrogen-bond donors (Lipinski definition) is 2. The number of nitrogens with two attached hydrogens (primary N) is 1. The number of aliphatic imine (C=N–C) groups is 1. The van der Waals surface area contributed by atoms with Gasteiger partial charge in [-0.2, -0.15) is 0 Å². The molecule has 0 saturated carbocycles. The molecule has 0 fully saturated rings. The molecular formula is C14H19Br2ClN4S. The summed E-state index contributed by atoms with van der Waals surface area (Å²) >= 11 is 7.64. The van der Waals surface area contributed by atoms with Gasteiger partial charge in [0.1, 0.15) is 0 Å². The molecule has 1 heterocycles. The second-order valence-electron chi connectivity index (χ2n) is 4.27.